The molecule has 41 heavy (non-hydrogen) atoms. The summed E-state index contributed by atoms with van der Waals surface area (Å²) in [5.74, 6) is -5.95. The number of methoxy groups -OCH3 is 1. The summed E-state index contributed by atoms with van der Waals surface area (Å²) in [5, 5.41) is 45.2. The second kappa shape index (κ2) is 10.4. The molecule has 0 aromatic heterocycles. The van der Waals surface area contributed by atoms with Gasteiger partial charge in [-0.05, 0) is 58.3 Å². The number of aliphatic hydroxyl groups excluding tert-OH is 2. The van der Waals surface area contributed by atoms with Gasteiger partial charge in [-0.15, -0.1) is 0 Å². The Morgan fingerprint density at radius 2 is 1.93 bits per heavy atom. The number of Topliss-reactive ketones (excluding diaryl/α,β-unsaturated/α-hetero) is 2. The number of carbonyl (C=O) groups excluding carboxylic acids is 3. The summed E-state index contributed by atoms with van der Waals surface area (Å²) >= 11 is 0. The molecule has 12 heteroatoms. The zero-order chi connectivity index (χ0) is 30.0. The number of ketones is 2. The van der Waals surface area contributed by atoms with E-state index in [1.165, 1.54) is 18.1 Å². The van der Waals surface area contributed by atoms with Crippen molar-refractivity contribution in [3.63, 3.8) is 0 Å². The van der Waals surface area contributed by atoms with Gasteiger partial charge in [-0.3, -0.25) is 19.3 Å². The fraction of sp³-hybridized carbons (Fsp3) is 0.552. The van der Waals surface area contributed by atoms with Crippen molar-refractivity contribution in [3.8, 4) is 11.5 Å². The van der Waals surface area contributed by atoms with Crippen molar-refractivity contribution < 1.29 is 44.3 Å². The van der Waals surface area contributed by atoms with Gasteiger partial charge in [0.05, 0.1) is 25.3 Å². The summed E-state index contributed by atoms with van der Waals surface area (Å²) in [6.45, 7) is 2.68. The van der Waals surface area contributed by atoms with Crippen molar-refractivity contribution in [3.05, 3.63) is 39.7 Å². The van der Waals surface area contributed by atoms with E-state index in [4.69, 9.17) is 15.2 Å². The molecule has 1 unspecified atom stereocenters. The Morgan fingerprint density at radius 3 is 2.51 bits per heavy atom. The molecule has 222 valence electrons. The van der Waals surface area contributed by atoms with Gasteiger partial charge in [0.25, 0.3) is 5.91 Å². The van der Waals surface area contributed by atoms with E-state index in [0.717, 1.165) is 19.6 Å². The van der Waals surface area contributed by atoms with Crippen LogP contribution in [0.15, 0.2) is 23.0 Å². The molecule has 0 bridgehead atoms. The summed E-state index contributed by atoms with van der Waals surface area (Å²) < 4.78 is 11.3. The molecule has 1 aliphatic heterocycles. The van der Waals surface area contributed by atoms with E-state index >= 15 is 0 Å². The number of carbonyl (C=O) groups is 3. The van der Waals surface area contributed by atoms with Crippen molar-refractivity contribution in [2.45, 2.75) is 37.5 Å². The third kappa shape index (κ3) is 4.40. The van der Waals surface area contributed by atoms with E-state index in [1.807, 2.05) is 7.05 Å². The molecule has 1 amide bonds. The molecular weight excluding hydrogens is 534 g/mol. The number of aromatic hydroxyl groups is 1. The van der Waals surface area contributed by atoms with E-state index in [-0.39, 0.29) is 29.7 Å². The number of nitrogens with two attached hydrogens (primary N) is 1. The highest BCUT2D eigenvalue weighted by Crippen LogP contribution is 2.54. The van der Waals surface area contributed by atoms with Crippen molar-refractivity contribution >= 4 is 23.2 Å². The predicted molar refractivity (Wildman–Crippen MR) is 146 cm³/mol. The summed E-state index contributed by atoms with van der Waals surface area (Å²) in [5.41, 5.74) is 2.88. The summed E-state index contributed by atoms with van der Waals surface area (Å²) in [6, 6.07) is 0.354. The molecule has 1 aromatic rings. The molecule has 1 saturated heterocycles. The van der Waals surface area contributed by atoms with E-state index in [1.54, 1.807) is 14.1 Å². The number of likely N-dealkylation sites (N-methyl/N-ethyl adjacent to an activating group) is 1. The first-order valence-electron chi connectivity index (χ1n) is 13.7. The molecule has 1 heterocycles. The molecule has 2 fully saturated rings. The number of phenolic OH excluding ortho intramolecular Hbond substituents is 1. The van der Waals surface area contributed by atoms with E-state index in [9.17, 15) is 34.8 Å². The molecule has 1 aromatic carbocycles. The monoisotopic (exact) mass is 571 g/mol. The van der Waals surface area contributed by atoms with Gasteiger partial charge in [0.15, 0.2) is 11.4 Å². The molecule has 4 aliphatic rings. The Labute approximate surface area is 237 Å². The highest BCUT2D eigenvalue weighted by Gasteiger charge is 2.64. The van der Waals surface area contributed by atoms with Crippen molar-refractivity contribution in [1.29, 1.82) is 0 Å². The van der Waals surface area contributed by atoms with E-state index in [0.29, 0.717) is 35.9 Å². The lowest BCUT2D eigenvalue weighted by Crippen LogP contribution is -2.65. The first-order chi connectivity index (χ1) is 19.3. The highest BCUT2D eigenvalue weighted by molar-refractivity contribution is 6.24. The summed E-state index contributed by atoms with van der Waals surface area (Å²) in [7, 11) is 6.59. The van der Waals surface area contributed by atoms with Crippen LogP contribution in [0, 0.1) is 17.8 Å². The fourth-order valence-electron chi connectivity index (χ4n) is 7.25. The second-order valence-electron chi connectivity index (χ2n) is 11.8. The van der Waals surface area contributed by atoms with Crippen LogP contribution in [0.4, 0.5) is 0 Å². The zero-order valence-electron chi connectivity index (χ0n) is 23.6. The van der Waals surface area contributed by atoms with Gasteiger partial charge in [0, 0.05) is 42.3 Å². The third-order valence-electron chi connectivity index (χ3n) is 8.99. The number of ether oxygens (including phenoxy) is 2. The minimum absolute atomic E-state index is 0.00809. The maximum atomic E-state index is 14.0. The van der Waals surface area contributed by atoms with Crippen LogP contribution in [0.3, 0.4) is 0 Å². The molecule has 5 atom stereocenters. The largest absolute Gasteiger partial charge is 0.508 e. The number of primary amides is 1. The fourth-order valence-corrected chi connectivity index (χ4v) is 7.25. The Hall–Kier alpha value is -3.45. The van der Waals surface area contributed by atoms with Crippen molar-refractivity contribution in [2.75, 3.05) is 48.0 Å². The number of phenols is 1. The van der Waals surface area contributed by atoms with Crippen molar-refractivity contribution in [1.82, 2.24) is 9.80 Å². The van der Waals surface area contributed by atoms with Gasteiger partial charge in [-0.25, -0.2) is 0 Å². The molecule has 0 radical (unpaired) electrons. The van der Waals surface area contributed by atoms with Crippen LogP contribution in [-0.4, -0.2) is 107 Å². The van der Waals surface area contributed by atoms with Crippen LogP contribution in [0.25, 0.3) is 5.76 Å². The Balaban J connectivity index is 1.60. The van der Waals surface area contributed by atoms with Gasteiger partial charge >= 0.3 is 0 Å². The second-order valence-corrected chi connectivity index (χ2v) is 11.8. The number of aliphatic hydroxyl groups is 3. The standard InChI is InChI=1S/C29H37N3O9/c1-31(2)22-17-8-14-7-16-20(18(33)9-15(25(16)40-4)11-32(3)10-13-5-6-41-12-13)23(34)19(14)26(36)29(17,39)27(37)21(24(22)35)28(30)38/h9,13-14,17,22,33-34,37,39H,5-8,10-12H2,1-4H3,(H2,30,38)/t13?,14-,17-,22-,29-/m0/s1. The third-order valence-corrected chi connectivity index (χ3v) is 8.99. The molecule has 3 aliphatic carbocycles. The number of fused-ring (bicyclic) bond motifs is 3. The van der Waals surface area contributed by atoms with Crippen LogP contribution in [0.1, 0.15) is 29.5 Å². The lowest BCUT2D eigenvalue weighted by atomic mass is 9.57. The van der Waals surface area contributed by atoms with Crippen LogP contribution >= 0.6 is 0 Å². The van der Waals surface area contributed by atoms with Gasteiger partial charge in [0.2, 0.25) is 5.78 Å². The molecular formula is C29H37N3O9. The van der Waals surface area contributed by atoms with Crippen LogP contribution in [-0.2, 0) is 32.1 Å². The topological polar surface area (TPSA) is 183 Å². The molecule has 1 saturated carbocycles. The van der Waals surface area contributed by atoms with Gasteiger partial charge < -0.3 is 40.5 Å². The van der Waals surface area contributed by atoms with Crippen LogP contribution in [0.2, 0.25) is 0 Å². The van der Waals surface area contributed by atoms with Gasteiger partial charge in [-0.2, -0.15) is 0 Å². The zero-order valence-corrected chi connectivity index (χ0v) is 23.6. The van der Waals surface area contributed by atoms with E-state index in [2.05, 4.69) is 4.90 Å². The van der Waals surface area contributed by atoms with Crippen LogP contribution in [0.5, 0.6) is 11.5 Å². The first-order valence-corrected chi connectivity index (χ1v) is 13.7. The predicted octanol–water partition coefficient (Wildman–Crippen LogP) is 0.441. The summed E-state index contributed by atoms with van der Waals surface area (Å²) in [6.07, 6.45) is 1.16. The first kappa shape index (κ1) is 29.1. The molecule has 0 spiro atoms. The highest BCUT2D eigenvalue weighted by atomic mass is 16.5. The summed E-state index contributed by atoms with van der Waals surface area (Å²) in [4.78, 5) is 42.9. The number of benzene rings is 1. The lowest BCUT2D eigenvalue weighted by molar-refractivity contribution is -0.153. The molecule has 6 N–H and O–H groups in total. The Kier molecular flexibility index (Phi) is 7.39. The smallest absolute Gasteiger partial charge is 0.255 e. The van der Waals surface area contributed by atoms with Gasteiger partial charge in [0.1, 0.15) is 28.6 Å². The SMILES string of the molecule is COc1c(CN(C)CC2CCOC2)cc(O)c2c1C[C@H]1C[C@H]3[C@H](N(C)C)C(=O)C(C(N)=O)=C(O)[C@@]3(O)C(=O)C1=C2O. The minimum Gasteiger partial charge on any atom is -0.508 e. The van der Waals surface area contributed by atoms with Crippen molar-refractivity contribution in [2.24, 2.45) is 23.5 Å². The van der Waals surface area contributed by atoms with E-state index < -0.39 is 58.0 Å². The Bertz CT molecular complexity index is 1380. The number of amides is 1. The average molecular weight is 572 g/mol. The molecule has 12 nitrogen and oxygen atoms in total. The lowest BCUT2D eigenvalue weighted by Gasteiger charge is -2.50. The minimum atomic E-state index is -2.67. The number of rotatable bonds is 7. The maximum absolute atomic E-state index is 14.0. The normalized spacial score (nSPS) is 29.6. The number of nitrogens with zero attached hydrogens (tertiary/aromatic N) is 2. The van der Waals surface area contributed by atoms with Crippen LogP contribution < -0.4 is 10.5 Å². The number of hydrogen-bond donors (Lipinski definition) is 5. The Morgan fingerprint density at radius 1 is 1.22 bits per heavy atom. The average Bonchev–Trinajstić information content (AvgIpc) is 3.38. The quantitative estimate of drug-likeness (QED) is 0.286. The van der Waals surface area contributed by atoms with Gasteiger partial charge in [-0.1, -0.05) is 0 Å². The maximum Gasteiger partial charge on any atom is 0.255 e. The molecule has 5 rings (SSSR count). The number of hydrogen-bond acceptors (Lipinski definition) is 11.